The third kappa shape index (κ3) is 3.09. The molecule has 0 aromatic carbocycles. The number of hydrogen-bond donors (Lipinski definition) is 1. The summed E-state index contributed by atoms with van der Waals surface area (Å²) in [6.07, 6.45) is 2.71. The smallest absolute Gasteiger partial charge is 0.0569 e. The first-order valence-electron chi connectivity index (χ1n) is 6.63. The predicted octanol–water partition coefficient (Wildman–Crippen LogP) is 3.18. The Hall–Kier alpha value is -0.380. The second-order valence-electron chi connectivity index (χ2n) is 5.54. The van der Waals surface area contributed by atoms with Crippen LogP contribution in [0.4, 0.5) is 0 Å². The molecule has 96 valence electrons. The van der Waals surface area contributed by atoms with Gasteiger partial charge in [0.25, 0.3) is 0 Å². The highest BCUT2D eigenvalue weighted by molar-refractivity contribution is 7.10. The van der Waals surface area contributed by atoms with Gasteiger partial charge in [0.1, 0.15) is 0 Å². The molecule has 1 aromatic heterocycles. The van der Waals surface area contributed by atoms with Crippen LogP contribution in [-0.2, 0) is 0 Å². The zero-order valence-corrected chi connectivity index (χ0v) is 12.0. The van der Waals surface area contributed by atoms with Gasteiger partial charge in [-0.25, -0.2) is 0 Å². The molecule has 1 saturated carbocycles. The standard InChI is InChI=1S/C14H24N2S/c1-10(2)9-16(12-4-5-12)13(8-15)14-11(3)6-7-17-14/h6-7,10,12-13H,4-5,8-9,15H2,1-3H3. The van der Waals surface area contributed by atoms with E-state index in [4.69, 9.17) is 5.73 Å². The third-order valence-corrected chi connectivity index (χ3v) is 4.54. The van der Waals surface area contributed by atoms with Crippen LogP contribution >= 0.6 is 11.3 Å². The maximum atomic E-state index is 6.04. The van der Waals surface area contributed by atoms with E-state index in [0.29, 0.717) is 12.0 Å². The normalized spacial score (nSPS) is 18.0. The molecule has 1 atom stereocenters. The fourth-order valence-corrected chi connectivity index (χ4v) is 3.54. The van der Waals surface area contributed by atoms with Gasteiger partial charge in [-0.2, -0.15) is 0 Å². The molecule has 0 aliphatic heterocycles. The summed E-state index contributed by atoms with van der Waals surface area (Å²) in [5.41, 5.74) is 7.44. The molecule has 0 bridgehead atoms. The molecule has 0 radical (unpaired) electrons. The molecule has 1 aliphatic carbocycles. The van der Waals surface area contributed by atoms with E-state index in [1.165, 1.54) is 29.8 Å². The second-order valence-corrected chi connectivity index (χ2v) is 6.49. The average Bonchev–Trinajstić information content (AvgIpc) is 3.03. The number of thiophene rings is 1. The van der Waals surface area contributed by atoms with E-state index < -0.39 is 0 Å². The van der Waals surface area contributed by atoms with Gasteiger partial charge in [-0.15, -0.1) is 11.3 Å². The minimum Gasteiger partial charge on any atom is -0.329 e. The molecule has 0 amide bonds. The van der Waals surface area contributed by atoms with Gasteiger partial charge in [0.05, 0.1) is 6.04 Å². The van der Waals surface area contributed by atoms with Gasteiger partial charge >= 0.3 is 0 Å². The molecule has 17 heavy (non-hydrogen) atoms. The van der Waals surface area contributed by atoms with Crippen LogP contribution in [0.2, 0.25) is 0 Å². The zero-order chi connectivity index (χ0) is 12.4. The molecule has 2 nitrogen and oxygen atoms in total. The first kappa shape index (κ1) is 13.1. The number of aryl methyl sites for hydroxylation is 1. The Bertz CT molecular complexity index is 355. The van der Waals surface area contributed by atoms with Crippen molar-refractivity contribution in [3.63, 3.8) is 0 Å². The average molecular weight is 252 g/mol. The van der Waals surface area contributed by atoms with Crippen molar-refractivity contribution < 1.29 is 0 Å². The molecule has 3 heteroatoms. The Morgan fingerprint density at radius 3 is 2.59 bits per heavy atom. The first-order chi connectivity index (χ1) is 8.13. The topological polar surface area (TPSA) is 29.3 Å². The number of nitrogens with zero attached hydrogens (tertiary/aromatic N) is 1. The van der Waals surface area contributed by atoms with Crippen LogP contribution in [-0.4, -0.2) is 24.0 Å². The van der Waals surface area contributed by atoms with Gasteiger partial charge in [0, 0.05) is 24.0 Å². The predicted molar refractivity (Wildman–Crippen MR) is 75.4 cm³/mol. The van der Waals surface area contributed by atoms with E-state index >= 15 is 0 Å². The van der Waals surface area contributed by atoms with Gasteiger partial charge < -0.3 is 5.73 Å². The van der Waals surface area contributed by atoms with Crippen molar-refractivity contribution in [1.29, 1.82) is 0 Å². The van der Waals surface area contributed by atoms with Crippen molar-refractivity contribution >= 4 is 11.3 Å². The van der Waals surface area contributed by atoms with Crippen molar-refractivity contribution in [3.8, 4) is 0 Å². The van der Waals surface area contributed by atoms with Crippen molar-refractivity contribution in [2.75, 3.05) is 13.1 Å². The van der Waals surface area contributed by atoms with E-state index in [9.17, 15) is 0 Å². The molecule has 0 saturated heterocycles. The quantitative estimate of drug-likeness (QED) is 0.842. The summed E-state index contributed by atoms with van der Waals surface area (Å²) in [4.78, 5) is 4.11. The van der Waals surface area contributed by atoms with Crippen LogP contribution in [0.25, 0.3) is 0 Å². The van der Waals surface area contributed by atoms with E-state index in [1.807, 2.05) is 11.3 Å². The summed E-state index contributed by atoms with van der Waals surface area (Å²) in [5, 5.41) is 2.19. The van der Waals surface area contributed by atoms with Gasteiger partial charge in [-0.1, -0.05) is 13.8 Å². The van der Waals surface area contributed by atoms with Gasteiger partial charge in [-0.05, 0) is 42.7 Å². The van der Waals surface area contributed by atoms with E-state index in [1.54, 1.807) is 0 Å². The summed E-state index contributed by atoms with van der Waals surface area (Å²) in [7, 11) is 0. The molecule has 2 N–H and O–H groups in total. The molecule has 1 fully saturated rings. The molecule has 1 aromatic rings. The van der Waals surface area contributed by atoms with Gasteiger partial charge in [0.2, 0.25) is 0 Å². The monoisotopic (exact) mass is 252 g/mol. The highest BCUT2D eigenvalue weighted by Crippen LogP contribution is 2.37. The SMILES string of the molecule is Cc1ccsc1C(CN)N(CC(C)C)C1CC1. The number of hydrogen-bond acceptors (Lipinski definition) is 3. The summed E-state index contributed by atoms with van der Waals surface area (Å²) in [6.45, 7) is 8.71. The maximum absolute atomic E-state index is 6.04. The molecule has 1 aliphatic rings. The lowest BCUT2D eigenvalue weighted by atomic mass is 10.1. The first-order valence-corrected chi connectivity index (χ1v) is 7.51. The Morgan fingerprint density at radius 2 is 2.18 bits per heavy atom. The minimum absolute atomic E-state index is 0.435. The van der Waals surface area contributed by atoms with Crippen molar-refractivity contribution in [1.82, 2.24) is 4.90 Å². The van der Waals surface area contributed by atoms with Gasteiger partial charge in [-0.3, -0.25) is 4.90 Å². The second kappa shape index (κ2) is 5.51. The molecular formula is C14H24N2S. The molecule has 2 rings (SSSR count). The Balaban J connectivity index is 2.17. The number of nitrogens with two attached hydrogens (primary N) is 1. The number of rotatable bonds is 6. The highest BCUT2D eigenvalue weighted by Gasteiger charge is 2.35. The van der Waals surface area contributed by atoms with Crippen LogP contribution in [0.5, 0.6) is 0 Å². The summed E-state index contributed by atoms with van der Waals surface area (Å²) in [6, 6.07) is 3.43. The van der Waals surface area contributed by atoms with Crippen LogP contribution in [0.3, 0.4) is 0 Å². The van der Waals surface area contributed by atoms with E-state index in [0.717, 1.165) is 12.6 Å². The molecule has 0 spiro atoms. The third-order valence-electron chi connectivity index (χ3n) is 3.42. The lowest BCUT2D eigenvalue weighted by molar-refractivity contribution is 0.171. The minimum atomic E-state index is 0.435. The summed E-state index contributed by atoms with van der Waals surface area (Å²) < 4.78 is 0. The van der Waals surface area contributed by atoms with Crippen molar-refractivity contribution in [2.24, 2.45) is 11.7 Å². The summed E-state index contributed by atoms with van der Waals surface area (Å²) in [5.74, 6) is 0.713. The largest absolute Gasteiger partial charge is 0.329 e. The highest BCUT2D eigenvalue weighted by atomic mass is 32.1. The van der Waals surface area contributed by atoms with E-state index in [-0.39, 0.29) is 0 Å². The van der Waals surface area contributed by atoms with Crippen LogP contribution in [0, 0.1) is 12.8 Å². The molecule has 1 heterocycles. The molecular weight excluding hydrogens is 228 g/mol. The van der Waals surface area contributed by atoms with Crippen LogP contribution < -0.4 is 5.73 Å². The molecule has 1 unspecified atom stereocenters. The summed E-state index contributed by atoms with van der Waals surface area (Å²) >= 11 is 1.86. The lowest BCUT2D eigenvalue weighted by Crippen LogP contribution is -2.37. The lowest BCUT2D eigenvalue weighted by Gasteiger charge is -2.32. The van der Waals surface area contributed by atoms with Crippen LogP contribution in [0.1, 0.15) is 43.2 Å². The van der Waals surface area contributed by atoms with Crippen molar-refractivity contribution in [3.05, 3.63) is 21.9 Å². The van der Waals surface area contributed by atoms with Crippen molar-refractivity contribution in [2.45, 2.75) is 45.7 Å². The fraction of sp³-hybridized carbons (Fsp3) is 0.714. The maximum Gasteiger partial charge on any atom is 0.0569 e. The Morgan fingerprint density at radius 1 is 1.47 bits per heavy atom. The van der Waals surface area contributed by atoms with Gasteiger partial charge in [0.15, 0.2) is 0 Å². The Labute approximate surface area is 109 Å². The Kier molecular flexibility index (Phi) is 4.23. The zero-order valence-electron chi connectivity index (χ0n) is 11.1. The van der Waals surface area contributed by atoms with E-state index in [2.05, 4.69) is 37.1 Å². The van der Waals surface area contributed by atoms with Crippen LogP contribution in [0.15, 0.2) is 11.4 Å². The fourth-order valence-electron chi connectivity index (χ4n) is 2.48.